The molecule has 0 amide bonds. The molecule has 0 fully saturated rings. The van der Waals surface area contributed by atoms with Crippen LogP contribution in [0.3, 0.4) is 0 Å². The van der Waals surface area contributed by atoms with Gasteiger partial charge in [0.1, 0.15) is 0 Å². The van der Waals surface area contributed by atoms with Gasteiger partial charge in [0.2, 0.25) is 21.7 Å². The molecule has 0 unspecified atom stereocenters. The van der Waals surface area contributed by atoms with Crippen LogP contribution in [0.25, 0.3) is 11.4 Å². The number of hydrogen-bond acceptors (Lipinski definition) is 5. The van der Waals surface area contributed by atoms with Crippen LogP contribution < -0.4 is 0 Å². The van der Waals surface area contributed by atoms with Gasteiger partial charge in [-0.2, -0.15) is 9.29 Å². The summed E-state index contributed by atoms with van der Waals surface area (Å²) in [5, 5.41) is 3.95. The molecule has 25 heavy (non-hydrogen) atoms. The molecule has 2 aromatic carbocycles. The van der Waals surface area contributed by atoms with Gasteiger partial charge >= 0.3 is 0 Å². The van der Waals surface area contributed by atoms with Crippen LogP contribution >= 0.6 is 0 Å². The van der Waals surface area contributed by atoms with Gasteiger partial charge in [-0.1, -0.05) is 60.1 Å². The van der Waals surface area contributed by atoms with Gasteiger partial charge in [0.15, 0.2) is 0 Å². The molecule has 0 radical (unpaired) electrons. The van der Waals surface area contributed by atoms with Gasteiger partial charge in [0.05, 0.1) is 11.4 Å². The Hall–Kier alpha value is -2.51. The molecule has 0 bridgehead atoms. The first-order valence-corrected chi connectivity index (χ1v) is 9.39. The summed E-state index contributed by atoms with van der Waals surface area (Å²) in [5.41, 5.74) is 1.97. The minimum absolute atomic E-state index is 0.0343. The standard InChI is InChI=1S/C18H19N3O3S/c1-3-21(25(22,23)16-7-5-4-6-8-16)13-17-19-18(20-24-17)15-11-9-14(2)10-12-15/h4-12H,3,13H2,1-2H3. The fourth-order valence-electron chi connectivity index (χ4n) is 2.40. The summed E-state index contributed by atoms with van der Waals surface area (Å²) in [6, 6.07) is 16.1. The Kier molecular flexibility index (Phi) is 4.96. The summed E-state index contributed by atoms with van der Waals surface area (Å²) < 4.78 is 32.0. The lowest BCUT2D eigenvalue weighted by Crippen LogP contribution is -2.30. The fraction of sp³-hybridized carbons (Fsp3) is 0.222. The molecule has 0 N–H and O–H groups in total. The van der Waals surface area contributed by atoms with Crippen LogP contribution in [-0.4, -0.2) is 29.4 Å². The zero-order valence-electron chi connectivity index (χ0n) is 14.1. The van der Waals surface area contributed by atoms with E-state index in [4.69, 9.17) is 4.52 Å². The predicted molar refractivity (Wildman–Crippen MR) is 94.2 cm³/mol. The summed E-state index contributed by atoms with van der Waals surface area (Å²) in [6.07, 6.45) is 0. The monoisotopic (exact) mass is 357 g/mol. The van der Waals surface area contributed by atoms with E-state index in [1.165, 1.54) is 4.31 Å². The average molecular weight is 357 g/mol. The van der Waals surface area contributed by atoms with Crippen molar-refractivity contribution in [2.24, 2.45) is 0 Å². The lowest BCUT2D eigenvalue weighted by molar-refractivity contribution is 0.321. The Labute approximate surface area is 147 Å². The molecular formula is C18H19N3O3S. The summed E-state index contributed by atoms with van der Waals surface area (Å²) in [6.45, 7) is 4.11. The molecule has 0 saturated carbocycles. The first-order valence-electron chi connectivity index (χ1n) is 7.95. The molecule has 1 heterocycles. The van der Waals surface area contributed by atoms with E-state index in [9.17, 15) is 8.42 Å². The van der Waals surface area contributed by atoms with Crippen LogP contribution in [0.2, 0.25) is 0 Å². The van der Waals surface area contributed by atoms with E-state index < -0.39 is 10.0 Å². The first-order chi connectivity index (χ1) is 12.0. The molecule has 0 aliphatic carbocycles. The van der Waals surface area contributed by atoms with Gasteiger partial charge in [-0.25, -0.2) is 8.42 Å². The van der Waals surface area contributed by atoms with E-state index in [1.54, 1.807) is 37.3 Å². The quantitative estimate of drug-likeness (QED) is 0.677. The molecule has 1 aromatic heterocycles. The normalized spacial score (nSPS) is 11.8. The van der Waals surface area contributed by atoms with E-state index >= 15 is 0 Å². The third-order valence-corrected chi connectivity index (χ3v) is 5.76. The smallest absolute Gasteiger partial charge is 0.243 e. The first kappa shape index (κ1) is 17.3. The van der Waals surface area contributed by atoms with Gasteiger partial charge in [0.25, 0.3) is 0 Å². The van der Waals surface area contributed by atoms with E-state index in [0.29, 0.717) is 12.4 Å². The van der Waals surface area contributed by atoms with Gasteiger partial charge in [0, 0.05) is 12.1 Å². The second kappa shape index (κ2) is 7.16. The Morgan fingerprint density at radius 1 is 1.04 bits per heavy atom. The largest absolute Gasteiger partial charge is 0.338 e. The Morgan fingerprint density at radius 3 is 2.36 bits per heavy atom. The fourth-order valence-corrected chi connectivity index (χ4v) is 3.82. The maximum atomic E-state index is 12.7. The van der Waals surface area contributed by atoms with Crippen LogP contribution in [-0.2, 0) is 16.6 Å². The molecule has 0 saturated heterocycles. The molecule has 3 rings (SSSR count). The number of nitrogens with zero attached hydrogens (tertiary/aromatic N) is 3. The maximum Gasteiger partial charge on any atom is 0.243 e. The topological polar surface area (TPSA) is 76.3 Å². The van der Waals surface area contributed by atoms with Gasteiger partial charge in [-0.05, 0) is 19.1 Å². The minimum atomic E-state index is -3.60. The van der Waals surface area contributed by atoms with Crippen molar-refractivity contribution in [2.75, 3.05) is 6.54 Å². The van der Waals surface area contributed by atoms with Gasteiger partial charge in [-0.3, -0.25) is 0 Å². The maximum absolute atomic E-state index is 12.7. The molecular weight excluding hydrogens is 338 g/mol. The van der Waals surface area contributed by atoms with Crippen molar-refractivity contribution in [3.05, 3.63) is 66.1 Å². The van der Waals surface area contributed by atoms with Crippen molar-refractivity contribution in [3.8, 4) is 11.4 Å². The van der Waals surface area contributed by atoms with Crippen molar-refractivity contribution in [3.63, 3.8) is 0 Å². The predicted octanol–water partition coefficient (Wildman–Crippen LogP) is 3.26. The summed E-state index contributed by atoms with van der Waals surface area (Å²) in [5.74, 6) is 0.708. The summed E-state index contributed by atoms with van der Waals surface area (Å²) in [7, 11) is -3.60. The number of rotatable bonds is 6. The molecule has 0 aliphatic heterocycles. The molecule has 6 nitrogen and oxygen atoms in total. The SMILES string of the molecule is CCN(Cc1nc(-c2ccc(C)cc2)no1)S(=O)(=O)c1ccccc1. The van der Waals surface area contributed by atoms with Gasteiger partial charge < -0.3 is 4.52 Å². The number of aromatic nitrogens is 2. The van der Waals surface area contributed by atoms with Crippen LogP contribution in [0, 0.1) is 6.92 Å². The summed E-state index contributed by atoms with van der Waals surface area (Å²) in [4.78, 5) is 4.57. The minimum Gasteiger partial charge on any atom is -0.338 e. The van der Waals surface area contributed by atoms with Crippen molar-refractivity contribution in [1.82, 2.24) is 14.4 Å². The second-order valence-electron chi connectivity index (χ2n) is 5.62. The lowest BCUT2D eigenvalue weighted by Gasteiger charge is -2.18. The highest BCUT2D eigenvalue weighted by atomic mass is 32.2. The molecule has 7 heteroatoms. The Morgan fingerprint density at radius 2 is 1.72 bits per heavy atom. The molecule has 0 aliphatic rings. The highest BCUT2D eigenvalue weighted by Crippen LogP contribution is 2.20. The number of benzene rings is 2. The highest BCUT2D eigenvalue weighted by molar-refractivity contribution is 7.89. The van der Waals surface area contributed by atoms with E-state index in [1.807, 2.05) is 31.2 Å². The second-order valence-corrected chi connectivity index (χ2v) is 7.56. The molecule has 130 valence electrons. The van der Waals surface area contributed by atoms with E-state index in [0.717, 1.165) is 11.1 Å². The van der Waals surface area contributed by atoms with Crippen molar-refractivity contribution >= 4 is 10.0 Å². The third kappa shape index (κ3) is 3.78. The number of hydrogen-bond donors (Lipinski definition) is 0. The van der Waals surface area contributed by atoms with E-state index in [-0.39, 0.29) is 17.3 Å². The van der Waals surface area contributed by atoms with Crippen molar-refractivity contribution in [2.45, 2.75) is 25.3 Å². The van der Waals surface area contributed by atoms with Crippen LogP contribution in [0.5, 0.6) is 0 Å². The van der Waals surface area contributed by atoms with Crippen LogP contribution in [0.1, 0.15) is 18.4 Å². The molecule has 3 aromatic rings. The molecule has 0 spiro atoms. The summed E-state index contributed by atoms with van der Waals surface area (Å²) >= 11 is 0. The van der Waals surface area contributed by atoms with Crippen LogP contribution in [0.4, 0.5) is 0 Å². The lowest BCUT2D eigenvalue weighted by atomic mass is 10.1. The highest BCUT2D eigenvalue weighted by Gasteiger charge is 2.25. The Balaban J connectivity index is 1.82. The number of aryl methyl sites for hydroxylation is 1. The Bertz CT molecular complexity index is 935. The van der Waals surface area contributed by atoms with Crippen molar-refractivity contribution in [1.29, 1.82) is 0 Å². The van der Waals surface area contributed by atoms with Gasteiger partial charge in [-0.15, -0.1) is 0 Å². The van der Waals surface area contributed by atoms with Crippen molar-refractivity contribution < 1.29 is 12.9 Å². The average Bonchev–Trinajstić information content (AvgIpc) is 3.09. The molecule has 0 atom stereocenters. The van der Waals surface area contributed by atoms with E-state index in [2.05, 4.69) is 10.1 Å². The van der Waals surface area contributed by atoms with Crippen LogP contribution in [0.15, 0.2) is 64.0 Å². The third-order valence-electron chi connectivity index (χ3n) is 3.82. The number of sulfonamides is 1. The zero-order chi connectivity index (χ0) is 17.9. The zero-order valence-corrected chi connectivity index (χ0v) is 14.9.